The summed E-state index contributed by atoms with van der Waals surface area (Å²) in [4.78, 5) is 54.5. The number of aromatic amines is 2. The zero-order valence-corrected chi connectivity index (χ0v) is 47.0. The van der Waals surface area contributed by atoms with Crippen molar-refractivity contribution < 1.29 is 51.6 Å². The lowest BCUT2D eigenvalue weighted by Crippen LogP contribution is -2.43. The lowest BCUT2D eigenvalue weighted by molar-refractivity contribution is -0.0613. The minimum absolute atomic E-state index is 0.0378. The topological polar surface area (TPSA) is 249 Å². The predicted octanol–water partition coefficient (Wildman–Crippen LogP) is 8.60. The highest BCUT2D eigenvalue weighted by Gasteiger charge is 2.57. The number of alkyl halides is 2. The zero-order chi connectivity index (χ0) is 58.8. The Hall–Kier alpha value is -7.07. The van der Waals surface area contributed by atoms with Gasteiger partial charge in [-0.05, 0) is 95.5 Å². The Morgan fingerprint density at radius 3 is 1.34 bits per heavy atom. The van der Waals surface area contributed by atoms with Gasteiger partial charge in [0.2, 0.25) is 0 Å². The first-order valence-corrected chi connectivity index (χ1v) is 28.9. The van der Waals surface area contributed by atoms with Gasteiger partial charge in [-0.2, -0.15) is 0 Å². The number of fused-ring (bicyclic) bond motifs is 2. The molecule has 0 spiro atoms. The van der Waals surface area contributed by atoms with Crippen LogP contribution in [0.4, 0.5) is 8.78 Å². The third-order valence-corrected chi connectivity index (χ3v) is 17.3. The van der Waals surface area contributed by atoms with Crippen LogP contribution >= 0.6 is 7.75 Å². The number of aryl methyl sites for hydroxylation is 2. The van der Waals surface area contributed by atoms with E-state index in [-0.39, 0.29) is 39.3 Å². The molecule has 2 aliphatic rings. The maximum atomic E-state index is 16.9. The van der Waals surface area contributed by atoms with Crippen molar-refractivity contribution in [2.75, 3.05) is 13.2 Å². The molecule has 18 nitrogen and oxygen atoms in total. The normalized spacial score (nSPS) is 24.8. The fourth-order valence-corrected chi connectivity index (χ4v) is 12.8. The van der Waals surface area contributed by atoms with Crippen molar-refractivity contribution in [1.82, 2.24) is 19.1 Å². The van der Waals surface area contributed by atoms with Gasteiger partial charge < -0.3 is 29.2 Å². The molecular weight excluding hydrogens is 1090 g/mol. The molecule has 0 bridgehead atoms. The molecule has 2 fully saturated rings. The first-order valence-electron chi connectivity index (χ1n) is 27.3. The van der Waals surface area contributed by atoms with Crippen molar-refractivity contribution in [1.29, 1.82) is 0 Å². The van der Waals surface area contributed by atoms with Crippen LogP contribution in [0.25, 0.3) is 21.5 Å². The Balaban J connectivity index is 1.02. The number of rotatable bonds is 22. The smallest absolute Gasteiger partial charge is 0.387 e. The van der Waals surface area contributed by atoms with Crippen molar-refractivity contribution in [2.24, 2.45) is 5.50 Å². The third kappa shape index (κ3) is 12.7. The molecule has 83 heavy (non-hydrogen) atoms. The monoisotopic (exact) mass is 1160 g/mol. The van der Waals surface area contributed by atoms with Crippen LogP contribution < -0.4 is 28.0 Å². The van der Waals surface area contributed by atoms with E-state index in [2.05, 4.69) is 9.97 Å². The van der Waals surface area contributed by atoms with Crippen LogP contribution in [0.1, 0.15) is 84.4 Å². The molecule has 4 heterocycles. The second-order valence-corrected chi connectivity index (χ2v) is 23.3. The van der Waals surface area contributed by atoms with Crippen LogP contribution in [0.2, 0.25) is 0 Å². The first-order chi connectivity index (χ1) is 39.7. The highest BCUT2D eigenvalue weighted by molar-refractivity contribution is 7.51. The molecule has 2 aromatic heterocycles. The van der Waals surface area contributed by atoms with E-state index in [0.29, 0.717) is 11.1 Å². The minimum Gasteiger partial charge on any atom is -0.387 e. The molecule has 4 unspecified atom stereocenters. The summed E-state index contributed by atoms with van der Waals surface area (Å²) in [7, 11) is -4.96. The molecule has 21 heteroatoms. The van der Waals surface area contributed by atoms with Gasteiger partial charge in [0.1, 0.15) is 12.2 Å². The van der Waals surface area contributed by atoms with Crippen LogP contribution in [0.15, 0.2) is 177 Å². The average Bonchev–Trinajstić information content (AvgIpc) is 3.53. The Labute approximate surface area is 476 Å². The van der Waals surface area contributed by atoms with Crippen LogP contribution in [-0.2, 0) is 45.8 Å². The molecule has 0 radical (unpaired) electrons. The van der Waals surface area contributed by atoms with Crippen molar-refractivity contribution in [2.45, 2.75) is 126 Å². The summed E-state index contributed by atoms with van der Waals surface area (Å²) in [6.45, 7) is 5.50. The Morgan fingerprint density at radius 1 is 0.578 bits per heavy atom. The number of nitrogens with two attached hydrogens (primary N) is 1. The number of hydrogen-bond acceptors (Lipinski definition) is 13. The van der Waals surface area contributed by atoms with Gasteiger partial charge in [0, 0.05) is 36.4 Å². The number of aliphatic hydroxyl groups excluding tert-OH is 2. The number of H-pyrrole nitrogens is 2. The van der Waals surface area contributed by atoms with Gasteiger partial charge in [0.15, 0.2) is 23.8 Å². The van der Waals surface area contributed by atoms with Gasteiger partial charge in [-0.3, -0.25) is 37.7 Å². The summed E-state index contributed by atoms with van der Waals surface area (Å²) in [5, 5.41) is 27.4. The Morgan fingerprint density at radius 2 is 0.952 bits per heavy atom. The van der Waals surface area contributed by atoms with Gasteiger partial charge in [0.05, 0.1) is 50.8 Å². The molecule has 8 aromatic rings. The molecule has 2 aliphatic heterocycles. The minimum atomic E-state index is -4.96. The van der Waals surface area contributed by atoms with Gasteiger partial charge in [-0.1, -0.05) is 133 Å². The Kier molecular flexibility index (Phi) is 17.5. The lowest BCUT2D eigenvalue weighted by Gasteiger charge is -2.35. The number of halogens is 2. The molecule has 10 rings (SSSR count). The zero-order valence-electron chi connectivity index (χ0n) is 46.1. The van der Waals surface area contributed by atoms with E-state index >= 15 is 13.3 Å². The number of aromatic nitrogens is 4. The number of nitrogens with one attached hydrogen (secondary N) is 2. The fraction of sp³-hybridized carbons (Fsp3) is 0.355. The highest BCUT2D eigenvalue weighted by atomic mass is 31.2. The van der Waals surface area contributed by atoms with Crippen LogP contribution in [0.5, 0.6) is 0 Å². The van der Waals surface area contributed by atoms with Crippen molar-refractivity contribution in [3.8, 4) is 0 Å². The van der Waals surface area contributed by atoms with Crippen LogP contribution in [0, 0.1) is 13.8 Å². The molecule has 436 valence electrons. The van der Waals surface area contributed by atoms with Crippen molar-refractivity contribution >= 4 is 29.3 Å². The molecule has 6 aromatic carbocycles. The van der Waals surface area contributed by atoms with Crippen LogP contribution in [0.3, 0.4) is 0 Å². The van der Waals surface area contributed by atoms with Crippen molar-refractivity contribution in [3.05, 3.63) is 233 Å². The summed E-state index contributed by atoms with van der Waals surface area (Å²) < 4.78 is 90.1. The number of benzene rings is 6. The largest absolute Gasteiger partial charge is 0.403 e. The van der Waals surface area contributed by atoms with Gasteiger partial charge in [0.25, 0.3) is 11.1 Å². The summed E-state index contributed by atoms with van der Waals surface area (Å²) in [6, 6.07) is 43.2. The SMILES string of the molecule is Cc1ccc2ccccc2c1COCC(OP(N)(=O)OC(COCc1c(C)ccc2ccccc12)C(C[C@H]1O[C@@H](n2ccc(=O)[nH]c2=O)[C@](C)(F)[C@@H]1O)c1ccccc1)C(C[C@H]1O[C@@H](n2ccc(=O)[nH]c2=O)[C@](C)(F)[C@@H]1O)c1ccccc1. The van der Waals surface area contributed by atoms with Crippen LogP contribution in [-0.4, -0.2) is 90.5 Å². The van der Waals surface area contributed by atoms with E-state index in [4.69, 9.17) is 33.5 Å². The standard InChI is InChI=1S/C62H66F2N5O13P/c1-37-23-25-41-19-11-13-21-43(41)47(37)33-77-35-51(45(39-15-7-5-8-16-39)31-49-55(72)61(3,63)57(79-49)68-29-27-53(70)66-59(68)74)81-83(65,76)82-52(36-78-34-48-38(2)24-26-42-20-12-14-22-44(42)48)46(40-17-9-6-10-18-40)32-50-56(73)62(4,64)58(80-50)69-30-28-54(71)67-60(69)75/h5-30,45-46,49-52,55-58,72-73H,31-36H2,1-4H3,(H2,65,76)(H,66,70,74)(H,67,71,75)/t45?,46?,49-,50-,51?,52?,55-,56-,57-,58-,61-,62-,83?/m1/s1. The van der Waals surface area contributed by atoms with E-state index in [9.17, 15) is 29.4 Å². The lowest BCUT2D eigenvalue weighted by atomic mass is 9.85. The van der Waals surface area contributed by atoms with Gasteiger partial charge in [-0.25, -0.2) is 28.4 Å². The molecule has 0 amide bonds. The maximum absolute atomic E-state index is 16.9. The van der Waals surface area contributed by atoms with E-state index in [0.717, 1.165) is 91.3 Å². The molecular formula is C62H66F2N5O13P. The van der Waals surface area contributed by atoms with Crippen molar-refractivity contribution in [3.63, 3.8) is 0 Å². The maximum Gasteiger partial charge on any atom is 0.403 e. The summed E-state index contributed by atoms with van der Waals surface area (Å²) in [6.07, 6.45) is -10.8. The number of aliphatic hydroxyl groups is 2. The average molecular weight is 1160 g/mol. The first kappa shape index (κ1) is 59.1. The predicted molar refractivity (Wildman–Crippen MR) is 307 cm³/mol. The van der Waals surface area contributed by atoms with E-state index in [1.54, 1.807) is 60.7 Å². The second kappa shape index (κ2) is 24.6. The quantitative estimate of drug-likeness (QED) is 0.0399. The van der Waals surface area contributed by atoms with E-state index in [1.807, 2.05) is 86.6 Å². The molecule has 0 saturated carbocycles. The summed E-state index contributed by atoms with van der Waals surface area (Å²) in [5.74, 6) is -1.95. The number of ether oxygens (including phenoxy) is 4. The highest BCUT2D eigenvalue weighted by Crippen LogP contribution is 2.51. The van der Waals surface area contributed by atoms with E-state index < -0.39 is 102 Å². The second-order valence-electron chi connectivity index (χ2n) is 21.8. The molecule has 2 saturated heterocycles. The fourth-order valence-electron chi connectivity index (χ4n) is 11.6. The Bertz CT molecular complexity index is 3630. The van der Waals surface area contributed by atoms with Gasteiger partial charge in [-0.15, -0.1) is 0 Å². The molecule has 12 atom stereocenters. The molecule has 0 aliphatic carbocycles. The summed E-state index contributed by atoms with van der Waals surface area (Å²) >= 11 is 0. The third-order valence-electron chi connectivity index (χ3n) is 16.1. The number of hydrogen-bond donors (Lipinski definition) is 5. The number of nitrogens with zero attached hydrogens (tertiary/aromatic N) is 2. The van der Waals surface area contributed by atoms with E-state index in [1.165, 1.54) is 0 Å². The van der Waals surface area contributed by atoms with Gasteiger partial charge >= 0.3 is 19.1 Å². The molecule has 6 N–H and O–H groups in total. The summed E-state index contributed by atoms with van der Waals surface area (Å²) in [5.41, 5.74) is 3.05.